The van der Waals surface area contributed by atoms with Gasteiger partial charge in [0.2, 0.25) is 0 Å². The topological polar surface area (TPSA) is 90.9 Å². The van der Waals surface area contributed by atoms with Crippen molar-refractivity contribution in [2.24, 2.45) is 0 Å². The van der Waals surface area contributed by atoms with Gasteiger partial charge in [0.1, 0.15) is 11.1 Å². The lowest BCUT2D eigenvalue weighted by atomic mass is 10.1. The molecule has 0 atom stereocenters. The van der Waals surface area contributed by atoms with Crippen LogP contribution in [0.2, 0.25) is 0 Å². The van der Waals surface area contributed by atoms with Crippen molar-refractivity contribution in [2.45, 2.75) is 0 Å². The predicted molar refractivity (Wildman–Crippen MR) is 70.4 cm³/mol. The van der Waals surface area contributed by atoms with E-state index in [1.807, 2.05) is 0 Å². The Hall–Kier alpha value is -3.09. The van der Waals surface area contributed by atoms with Gasteiger partial charge in [0.15, 0.2) is 0 Å². The summed E-state index contributed by atoms with van der Waals surface area (Å²) in [5.74, 6) is -0.578. The number of hydrogen-bond donors (Lipinski definition) is 0. The molecule has 0 spiro atoms. The van der Waals surface area contributed by atoms with Crippen LogP contribution in [0.15, 0.2) is 48.5 Å². The van der Waals surface area contributed by atoms with Gasteiger partial charge in [-0.3, -0.25) is 14.9 Å². The van der Waals surface area contributed by atoms with Crippen LogP contribution in [0.25, 0.3) is 11.0 Å². The molecule has 0 amide bonds. The number of rotatable bonds is 2. The quantitative estimate of drug-likeness (QED) is 0.523. The molecule has 3 rings (SSSR count). The summed E-state index contributed by atoms with van der Waals surface area (Å²) in [6.07, 6.45) is 0. The molecule has 0 saturated carbocycles. The molecule has 0 unspecified atom stereocenters. The molecule has 0 bridgehead atoms. The fourth-order valence-electron chi connectivity index (χ4n) is 1.95. The van der Waals surface area contributed by atoms with Crippen LogP contribution in [-0.2, 0) is 0 Å². The molecule has 0 aliphatic rings. The first kappa shape index (κ1) is 12.0. The Bertz CT molecular complexity index is 825. The average molecular weight is 268 g/mol. The molecule has 1 heterocycles. The van der Waals surface area contributed by atoms with Gasteiger partial charge in [-0.15, -0.1) is 5.10 Å². The number of benzene rings is 2. The molecular formula is C13H8N4O3. The SMILES string of the molecule is O=C(c1ccccc1[N+](=O)[O-])n1nnc2ccccc21. The van der Waals surface area contributed by atoms with Crippen molar-refractivity contribution in [3.8, 4) is 0 Å². The third-order valence-electron chi connectivity index (χ3n) is 2.88. The van der Waals surface area contributed by atoms with E-state index in [-0.39, 0.29) is 11.3 Å². The molecule has 7 heteroatoms. The number of para-hydroxylation sites is 2. The highest BCUT2D eigenvalue weighted by Gasteiger charge is 2.22. The number of nitro benzene ring substituents is 1. The van der Waals surface area contributed by atoms with E-state index < -0.39 is 10.8 Å². The smallest absolute Gasteiger partial charge is 0.266 e. The number of nitro groups is 1. The summed E-state index contributed by atoms with van der Waals surface area (Å²) in [5.41, 5.74) is 0.792. The van der Waals surface area contributed by atoms with Crippen molar-refractivity contribution in [2.75, 3.05) is 0 Å². The number of fused-ring (bicyclic) bond motifs is 1. The normalized spacial score (nSPS) is 10.6. The standard InChI is InChI=1S/C13H8N4O3/c18-13(9-5-1-3-7-11(9)17(19)20)16-12-8-4-2-6-10(12)14-15-16/h1-8H. The van der Waals surface area contributed by atoms with Crippen molar-refractivity contribution in [3.05, 3.63) is 64.2 Å². The molecule has 0 saturated heterocycles. The summed E-state index contributed by atoms with van der Waals surface area (Å²) in [4.78, 5) is 22.8. The number of hydrogen-bond acceptors (Lipinski definition) is 5. The van der Waals surface area contributed by atoms with Gasteiger partial charge in [0.25, 0.3) is 11.6 Å². The Balaban J connectivity index is 2.16. The fourth-order valence-corrected chi connectivity index (χ4v) is 1.95. The third kappa shape index (κ3) is 1.81. The highest BCUT2D eigenvalue weighted by molar-refractivity contribution is 6.02. The van der Waals surface area contributed by atoms with Gasteiger partial charge in [-0.1, -0.05) is 29.5 Å². The van der Waals surface area contributed by atoms with Gasteiger partial charge in [-0.05, 0) is 18.2 Å². The molecule has 98 valence electrons. The van der Waals surface area contributed by atoms with Crippen LogP contribution < -0.4 is 0 Å². The number of aromatic nitrogens is 3. The largest absolute Gasteiger partial charge is 0.287 e. The van der Waals surface area contributed by atoms with Crippen molar-refractivity contribution in [1.82, 2.24) is 15.0 Å². The maximum Gasteiger partial charge on any atom is 0.287 e. The summed E-state index contributed by atoms with van der Waals surface area (Å²) in [7, 11) is 0. The molecule has 7 nitrogen and oxygen atoms in total. The Kier molecular flexibility index (Phi) is 2.72. The van der Waals surface area contributed by atoms with E-state index in [4.69, 9.17) is 0 Å². The lowest BCUT2D eigenvalue weighted by Crippen LogP contribution is -2.15. The van der Waals surface area contributed by atoms with Crippen molar-refractivity contribution in [3.63, 3.8) is 0 Å². The third-order valence-corrected chi connectivity index (χ3v) is 2.88. The molecule has 0 aliphatic carbocycles. The molecule has 0 aliphatic heterocycles. The Morgan fingerprint density at radius 3 is 2.60 bits per heavy atom. The second-order valence-electron chi connectivity index (χ2n) is 4.07. The Labute approximate surface area is 112 Å². The van der Waals surface area contributed by atoms with Gasteiger partial charge in [-0.2, -0.15) is 4.68 Å². The van der Waals surface area contributed by atoms with Gasteiger partial charge in [-0.25, -0.2) is 0 Å². The minimum Gasteiger partial charge on any atom is -0.266 e. The summed E-state index contributed by atoms with van der Waals surface area (Å²) in [6, 6.07) is 12.7. The molecule has 0 radical (unpaired) electrons. The van der Waals surface area contributed by atoms with E-state index in [9.17, 15) is 14.9 Å². The number of carbonyl (C=O) groups is 1. The van der Waals surface area contributed by atoms with E-state index in [2.05, 4.69) is 10.3 Å². The van der Waals surface area contributed by atoms with Gasteiger partial charge >= 0.3 is 0 Å². The van der Waals surface area contributed by atoms with Crippen molar-refractivity contribution < 1.29 is 9.72 Å². The predicted octanol–water partition coefficient (Wildman–Crippen LogP) is 2.03. The van der Waals surface area contributed by atoms with Crippen LogP contribution in [-0.4, -0.2) is 25.8 Å². The van der Waals surface area contributed by atoms with Crippen LogP contribution in [0.5, 0.6) is 0 Å². The first-order valence-corrected chi connectivity index (χ1v) is 5.77. The summed E-state index contributed by atoms with van der Waals surface area (Å²) < 4.78 is 1.07. The average Bonchev–Trinajstić information content (AvgIpc) is 2.90. The van der Waals surface area contributed by atoms with Crippen LogP contribution in [0.4, 0.5) is 5.69 Å². The lowest BCUT2D eigenvalue weighted by molar-refractivity contribution is -0.385. The van der Waals surface area contributed by atoms with Crippen molar-refractivity contribution in [1.29, 1.82) is 0 Å². The molecular weight excluding hydrogens is 260 g/mol. The molecule has 1 aromatic heterocycles. The summed E-state index contributed by atoms with van der Waals surface area (Å²) in [5, 5.41) is 18.6. The van der Waals surface area contributed by atoms with Crippen LogP contribution in [0, 0.1) is 10.1 Å². The van der Waals surface area contributed by atoms with Gasteiger partial charge in [0, 0.05) is 6.07 Å². The van der Waals surface area contributed by atoms with E-state index in [1.54, 1.807) is 30.3 Å². The fraction of sp³-hybridized carbons (Fsp3) is 0. The van der Waals surface area contributed by atoms with Gasteiger partial charge < -0.3 is 0 Å². The molecule has 0 N–H and O–H groups in total. The Morgan fingerprint density at radius 2 is 1.80 bits per heavy atom. The number of carbonyl (C=O) groups excluding carboxylic acids is 1. The second-order valence-corrected chi connectivity index (χ2v) is 4.07. The Morgan fingerprint density at radius 1 is 1.10 bits per heavy atom. The summed E-state index contributed by atoms with van der Waals surface area (Å²) in [6.45, 7) is 0. The van der Waals surface area contributed by atoms with Gasteiger partial charge in [0.05, 0.1) is 10.4 Å². The molecule has 3 aromatic rings. The zero-order chi connectivity index (χ0) is 14.1. The highest BCUT2D eigenvalue weighted by atomic mass is 16.6. The van der Waals surface area contributed by atoms with Crippen molar-refractivity contribution >= 4 is 22.6 Å². The van der Waals surface area contributed by atoms with E-state index >= 15 is 0 Å². The van der Waals surface area contributed by atoms with Crippen LogP contribution >= 0.6 is 0 Å². The second kappa shape index (κ2) is 4.54. The molecule has 0 fully saturated rings. The van der Waals surface area contributed by atoms with E-state index in [1.165, 1.54) is 18.2 Å². The zero-order valence-electron chi connectivity index (χ0n) is 10.1. The minimum absolute atomic E-state index is 0.0202. The first-order valence-electron chi connectivity index (χ1n) is 5.77. The van der Waals surface area contributed by atoms with Crippen LogP contribution in [0.1, 0.15) is 10.4 Å². The first-order chi connectivity index (χ1) is 9.68. The minimum atomic E-state index is -0.591. The zero-order valence-corrected chi connectivity index (χ0v) is 10.1. The molecule has 2 aromatic carbocycles. The van der Waals surface area contributed by atoms with E-state index in [0.29, 0.717) is 11.0 Å². The highest BCUT2D eigenvalue weighted by Crippen LogP contribution is 2.20. The van der Waals surface area contributed by atoms with E-state index in [0.717, 1.165) is 4.68 Å². The molecule has 20 heavy (non-hydrogen) atoms. The monoisotopic (exact) mass is 268 g/mol. The lowest BCUT2D eigenvalue weighted by Gasteiger charge is -2.02. The maximum absolute atomic E-state index is 12.4. The summed E-state index contributed by atoms with van der Waals surface area (Å²) >= 11 is 0. The number of nitrogens with zero attached hydrogens (tertiary/aromatic N) is 4. The van der Waals surface area contributed by atoms with Crippen LogP contribution in [0.3, 0.4) is 0 Å². The maximum atomic E-state index is 12.4.